The summed E-state index contributed by atoms with van der Waals surface area (Å²) in [6, 6.07) is 11.2. The molecule has 6 nitrogen and oxygen atoms in total. The van der Waals surface area contributed by atoms with Crippen LogP contribution in [-0.4, -0.2) is 37.2 Å². The molecule has 0 spiro atoms. The van der Waals surface area contributed by atoms with Crippen LogP contribution in [0.4, 0.5) is 5.69 Å². The van der Waals surface area contributed by atoms with E-state index in [1.54, 1.807) is 26.4 Å². The van der Waals surface area contributed by atoms with Gasteiger partial charge >= 0.3 is 0 Å². The highest BCUT2D eigenvalue weighted by atomic mass is 32.2. The predicted octanol–water partition coefficient (Wildman–Crippen LogP) is 4.60. The molecule has 0 saturated heterocycles. The number of ether oxygens (including phenoxy) is 4. The van der Waals surface area contributed by atoms with Crippen LogP contribution in [-0.2, 0) is 21.1 Å². The zero-order valence-electron chi connectivity index (χ0n) is 17.3. The number of rotatable bonds is 9. The van der Waals surface area contributed by atoms with Gasteiger partial charge in [0.05, 0.1) is 31.6 Å². The van der Waals surface area contributed by atoms with Crippen molar-refractivity contribution in [2.75, 3.05) is 26.6 Å². The Balaban J connectivity index is 1.51. The van der Waals surface area contributed by atoms with Crippen molar-refractivity contribution in [2.45, 2.75) is 37.2 Å². The molecule has 156 valence electrons. The Labute approximate surface area is 174 Å². The summed E-state index contributed by atoms with van der Waals surface area (Å²) in [4.78, 5) is 5.08. The van der Waals surface area contributed by atoms with E-state index in [9.17, 15) is 4.21 Å². The molecule has 2 aromatic carbocycles. The largest absolute Gasteiger partial charge is 0.493 e. The summed E-state index contributed by atoms with van der Waals surface area (Å²) in [5, 5.41) is 0. The quantitative estimate of drug-likeness (QED) is 0.558. The van der Waals surface area contributed by atoms with E-state index in [0.29, 0.717) is 23.9 Å². The molecule has 7 heteroatoms. The Morgan fingerprint density at radius 1 is 1.03 bits per heavy atom. The Hall–Kier alpha value is -2.54. The van der Waals surface area contributed by atoms with Crippen LogP contribution in [0, 0.1) is 0 Å². The zero-order chi connectivity index (χ0) is 20.9. The molecular formula is C22H27NO5S. The highest BCUT2D eigenvalue weighted by molar-refractivity contribution is 7.85. The molecule has 1 unspecified atom stereocenters. The number of unbranched alkanes of at least 4 members (excludes halogenated alkanes) is 1. The van der Waals surface area contributed by atoms with Gasteiger partial charge in [0.25, 0.3) is 0 Å². The maximum absolute atomic E-state index is 12.5. The maximum atomic E-state index is 12.5. The number of benzene rings is 2. The van der Waals surface area contributed by atoms with Crippen molar-refractivity contribution < 1.29 is 23.2 Å². The van der Waals surface area contributed by atoms with Crippen LogP contribution in [0.15, 0.2) is 46.3 Å². The van der Waals surface area contributed by atoms with Gasteiger partial charge in [-0.1, -0.05) is 12.1 Å². The van der Waals surface area contributed by atoms with Crippen LogP contribution in [0.1, 0.15) is 32.3 Å². The normalized spacial score (nSPS) is 15.2. The van der Waals surface area contributed by atoms with Crippen molar-refractivity contribution >= 4 is 22.9 Å². The number of hydrogen-bond acceptors (Lipinski definition) is 6. The molecule has 0 bridgehead atoms. The van der Waals surface area contributed by atoms with Gasteiger partial charge in [-0.15, -0.1) is 0 Å². The Morgan fingerprint density at radius 3 is 2.59 bits per heavy atom. The highest BCUT2D eigenvalue weighted by Crippen LogP contribution is 2.41. The molecule has 0 N–H and O–H groups in total. The lowest BCUT2D eigenvalue weighted by Gasteiger charge is -2.29. The third kappa shape index (κ3) is 4.90. The Bertz CT molecular complexity index is 910. The molecule has 1 heterocycles. The molecule has 0 aliphatic carbocycles. The van der Waals surface area contributed by atoms with Gasteiger partial charge in [0.15, 0.2) is 17.9 Å². The van der Waals surface area contributed by atoms with Crippen molar-refractivity contribution in [1.82, 2.24) is 0 Å². The molecule has 0 radical (unpaired) electrons. The maximum Gasteiger partial charge on any atom is 0.175 e. The van der Waals surface area contributed by atoms with E-state index in [-0.39, 0.29) is 0 Å². The minimum absolute atomic E-state index is 0.424. The number of methoxy groups -OCH3 is 2. The summed E-state index contributed by atoms with van der Waals surface area (Å²) in [7, 11) is 2.05. The van der Waals surface area contributed by atoms with Crippen LogP contribution < -0.4 is 14.2 Å². The van der Waals surface area contributed by atoms with Crippen molar-refractivity contribution in [3.63, 3.8) is 0 Å². The lowest BCUT2D eigenvalue weighted by atomic mass is 9.95. The minimum Gasteiger partial charge on any atom is -0.493 e. The summed E-state index contributed by atoms with van der Waals surface area (Å²) < 4.78 is 34.6. The monoisotopic (exact) mass is 417 g/mol. The molecule has 2 aromatic rings. The van der Waals surface area contributed by atoms with E-state index >= 15 is 0 Å². The van der Waals surface area contributed by atoms with E-state index < -0.39 is 16.4 Å². The van der Waals surface area contributed by atoms with Gasteiger partial charge in [-0.05, 0) is 44.9 Å². The van der Waals surface area contributed by atoms with Gasteiger partial charge in [-0.2, -0.15) is 0 Å². The van der Waals surface area contributed by atoms with E-state index in [4.69, 9.17) is 18.9 Å². The van der Waals surface area contributed by atoms with Crippen LogP contribution in [0.3, 0.4) is 0 Å². The fourth-order valence-corrected chi connectivity index (χ4v) is 4.29. The first-order chi connectivity index (χ1) is 14.0. The van der Waals surface area contributed by atoms with Crippen molar-refractivity contribution in [2.24, 2.45) is 4.99 Å². The molecule has 0 fully saturated rings. The second kappa shape index (κ2) is 9.31. The molecular weight excluding hydrogens is 390 g/mol. The standard InChI is InChI=1S/C22H27NO5S/c1-22(2)17-8-7-9-19(21(17)23-15-28-22)27-12-5-6-13-29(24)16-10-11-18(25-3)20(14-16)26-4/h7-11,14-15H,5-6,12-13H2,1-4H3. The van der Waals surface area contributed by atoms with E-state index in [0.717, 1.165) is 34.7 Å². The van der Waals surface area contributed by atoms with Crippen LogP contribution in [0.2, 0.25) is 0 Å². The molecule has 0 saturated carbocycles. The van der Waals surface area contributed by atoms with Crippen molar-refractivity contribution in [3.05, 3.63) is 42.0 Å². The summed E-state index contributed by atoms with van der Waals surface area (Å²) >= 11 is 0. The second-order valence-electron chi connectivity index (χ2n) is 7.14. The summed E-state index contributed by atoms with van der Waals surface area (Å²) in [5.74, 6) is 2.52. The SMILES string of the molecule is COc1ccc(S(=O)CCCCOc2cccc3c2N=COC3(C)C)cc1OC. The van der Waals surface area contributed by atoms with Gasteiger partial charge in [-0.25, -0.2) is 4.99 Å². The smallest absolute Gasteiger partial charge is 0.175 e. The van der Waals surface area contributed by atoms with Crippen LogP contribution >= 0.6 is 0 Å². The Kier molecular flexibility index (Phi) is 6.79. The molecule has 1 aliphatic heterocycles. The number of para-hydroxylation sites is 1. The van der Waals surface area contributed by atoms with Crippen molar-refractivity contribution in [1.29, 1.82) is 0 Å². The first-order valence-corrected chi connectivity index (χ1v) is 10.8. The Morgan fingerprint density at radius 2 is 1.83 bits per heavy atom. The van der Waals surface area contributed by atoms with E-state index in [1.165, 1.54) is 6.40 Å². The van der Waals surface area contributed by atoms with Gasteiger partial charge in [0.2, 0.25) is 0 Å². The third-order valence-electron chi connectivity index (χ3n) is 4.78. The molecule has 0 aromatic heterocycles. The molecule has 29 heavy (non-hydrogen) atoms. The van der Waals surface area contributed by atoms with Crippen LogP contribution in [0.25, 0.3) is 0 Å². The first kappa shape index (κ1) is 21.2. The number of fused-ring (bicyclic) bond motifs is 1. The highest BCUT2D eigenvalue weighted by Gasteiger charge is 2.29. The van der Waals surface area contributed by atoms with E-state index in [1.807, 2.05) is 38.1 Å². The lowest BCUT2D eigenvalue weighted by Crippen LogP contribution is -2.23. The summed E-state index contributed by atoms with van der Waals surface area (Å²) in [6.07, 6.45) is 3.06. The minimum atomic E-state index is -1.10. The second-order valence-corrected chi connectivity index (χ2v) is 8.71. The fourth-order valence-electron chi connectivity index (χ4n) is 3.13. The summed E-state index contributed by atoms with van der Waals surface area (Å²) in [5.41, 5.74) is 1.40. The van der Waals surface area contributed by atoms with Crippen LogP contribution in [0.5, 0.6) is 17.2 Å². The van der Waals surface area contributed by atoms with Gasteiger partial charge in [0.1, 0.15) is 17.0 Å². The fraction of sp³-hybridized carbons (Fsp3) is 0.409. The van der Waals surface area contributed by atoms with E-state index in [2.05, 4.69) is 4.99 Å². The van der Waals surface area contributed by atoms with Crippen molar-refractivity contribution in [3.8, 4) is 17.2 Å². The number of aliphatic imine (C=N–C) groups is 1. The topological polar surface area (TPSA) is 66.4 Å². The molecule has 1 atom stereocenters. The first-order valence-electron chi connectivity index (χ1n) is 9.53. The molecule has 1 aliphatic rings. The summed E-state index contributed by atoms with van der Waals surface area (Å²) in [6.45, 7) is 4.55. The average Bonchev–Trinajstić information content (AvgIpc) is 2.73. The lowest BCUT2D eigenvalue weighted by molar-refractivity contribution is 0.0997. The van der Waals surface area contributed by atoms with Gasteiger partial charge in [0, 0.05) is 22.3 Å². The number of hydrogen-bond donors (Lipinski definition) is 0. The third-order valence-corrected chi connectivity index (χ3v) is 6.22. The zero-order valence-corrected chi connectivity index (χ0v) is 18.1. The number of nitrogens with zero attached hydrogens (tertiary/aromatic N) is 1. The average molecular weight is 418 g/mol. The van der Waals surface area contributed by atoms with Gasteiger partial charge < -0.3 is 18.9 Å². The predicted molar refractivity (Wildman–Crippen MR) is 114 cm³/mol. The van der Waals surface area contributed by atoms with Gasteiger partial charge in [-0.3, -0.25) is 4.21 Å². The molecule has 0 amide bonds. The molecule has 3 rings (SSSR count).